The molecule has 0 bridgehead atoms. The number of aromatic nitrogens is 4. The molecule has 1 aromatic heterocycles. The number of tetrazole rings is 1. The predicted octanol–water partition coefficient (Wildman–Crippen LogP) is 1.32. The zero-order valence-corrected chi connectivity index (χ0v) is 11.5. The zero-order chi connectivity index (χ0) is 14.2. The van der Waals surface area contributed by atoms with Crippen molar-refractivity contribution in [2.75, 3.05) is 12.4 Å². The van der Waals surface area contributed by atoms with Gasteiger partial charge in [0.2, 0.25) is 5.16 Å². The highest BCUT2D eigenvalue weighted by atomic mass is 32.2. The average Bonchev–Trinajstić information content (AvgIpc) is 2.90. The van der Waals surface area contributed by atoms with Gasteiger partial charge in [0.1, 0.15) is 5.75 Å². The summed E-state index contributed by atoms with van der Waals surface area (Å²) >= 11 is 1.10. The van der Waals surface area contributed by atoms with Crippen LogP contribution in [0, 0.1) is 0 Å². The van der Waals surface area contributed by atoms with Crippen molar-refractivity contribution in [1.82, 2.24) is 20.2 Å². The molecule has 0 atom stereocenters. The van der Waals surface area contributed by atoms with Gasteiger partial charge in [-0.05, 0) is 22.6 Å². The van der Waals surface area contributed by atoms with Gasteiger partial charge in [-0.1, -0.05) is 30.0 Å². The van der Waals surface area contributed by atoms with E-state index < -0.39 is 5.97 Å². The highest BCUT2D eigenvalue weighted by Crippen LogP contribution is 2.13. The van der Waals surface area contributed by atoms with E-state index in [4.69, 9.17) is 9.84 Å². The van der Waals surface area contributed by atoms with Gasteiger partial charge in [0.25, 0.3) is 0 Å². The monoisotopic (exact) mass is 294 g/mol. The van der Waals surface area contributed by atoms with Crippen LogP contribution in [-0.4, -0.2) is 43.6 Å². The molecule has 2 aromatic rings. The second-order valence-electron chi connectivity index (χ2n) is 3.88. The molecule has 1 aromatic carbocycles. The highest BCUT2D eigenvalue weighted by molar-refractivity contribution is 7.99. The van der Waals surface area contributed by atoms with Gasteiger partial charge in [-0.15, -0.1) is 5.10 Å². The second-order valence-corrected chi connectivity index (χ2v) is 4.82. The summed E-state index contributed by atoms with van der Waals surface area (Å²) in [6, 6.07) is 9.55. The van der Waals surface area contributed by atoms with Crippen LogP contribution in [0.4, 0.5) is 0 Å². The Balaban J connectivity index is 1.74. The standard InChI is InChI=1S/C12H14N4O3S/c17-11(18)9-20-12-13-14-15-16(12)7-4-8-19-10-5-2-1-3-6-10/h1-3,5-6H,4,7-9H2,(H,17,18). The number of carbonyl (C=O) groups is 1. The number of hydrogen-bond acceptors (Lipinski definition) is 6. The van der Waals surface area contributed by atoms with Gasteiger partial charge in [0.15, 0.2) is 0 Å². The Kier molecular flexibility index (Phi) is 5.36. The van der Waals surface area contributed by atoms with E-state index in [-0.39, 0.29) is 5.75 Å². The van der Waals surface area contributed by atoms with Crippen LogP contribution in [0.25, 0.3) is 0 Å². The molecule has 0 fully saturated rings. The quantitative estimate of drug-likeness (QED) is 0.580. The molecule has 2 rings (SSSR count). The summed E-state index contributed by atoms with van der Waals surface area (Å²) in [5.41, 5.74) is 0. The van der Waals surface area contributed by atoms with Gasteiger partial charge in [0.05, 0.1) is 12.4 Å². The van der Waals surface area contributed by atoms with Gasteiger partial charge in [0, 0.05) is 13.0 Å². The predicted molar refractivity (Wildman–Crippen MR) is 72.7 cm³/mol. The summed E-state index contributed by atoms with van der Waals surface area (Å²) in [5, 5.41) is 20.3. The molecule has 0 spiro atoms. The molecule has 106 valence electrons. The summed E-state index contributed by atoms with van der Waals surface area (Å²) < 4.78 is 7.14. The van der Waals surface area contributed by atoms with Gasteiger partial charge >= 0.3 is 5.97 Å². The largest absolute Gasteiger partial charge is 0.494 e. The maximum Gasteiger partial charge on any atom is 0.313 e. The second kappa shape index (κ2) is 7.49. The van der Waals surface area contributed by atoms with E-state index in [2.05, 4.69) is 15.5 Å². The van der Waals surface area contributed by atoms with Gasteiger partial charge < -0.3 is 9.84 Å². The molecule has 1 N–H and O–H groups in total. The van der Waals surface area contributed by atoms with E-state index in [1.54, 1.807) is 4.68 Å². The van der Waals surface area contributed by atoms with Crippen LogP contribution in [0.5, 0.6) is 5.75 Å². The van der Waals surface area contributed by atoms with Gasteiger partial charge in [-0.25, -0.2) is 4.68 Å². The molecule has 7 nitrogen and oxygen atoms in total. The number of aliphatic carboxylic acids is 1. The van der Waals surface area contributed by atoms with Gasteiger partial charge in [-0.2, -0.15) is 0 Å². The molecule has 1 heterocycles. The van der Waals surface area contributed by atoms with Crippen LogP contribution in [0.3, 0.4) is 0 Å². The van der Waals surface area contributed by atoms with Crippen molar-refractivity contribution in [3.63, 3.8) is 0 Å². The Morgan fingerprint density at radius 2 is 2.15 bits per heavy atom. The van der Waals surface area contributed by atoms with Crippen molar-refractivity contribution in [3.05, 3.63) is 30.3 Å². The van der Waals surface area contributed by atoms with E-state index in [0.717, 1.165) is 23.9 Å². The Morgan fingerprint density at radius 3 is 2.90 bits per heavy atom. The van der Waals surface area contributed by atoms with E-state index in [1.165, 1.54) is 0 Å². The first kappa shape index (κ1) is 14.3. The van der Waals surface area contributed by atoms with Crippen LogP contribution in [-0.2, 0) is 11.3 Å². The number of carboxylic acids is 1. The Hall–Kier alpha value is -2.09. The minimum atomic E-state index is -0.892. The lowest BCUT2D eigenvalue weighted by molar-refractivity contribution is -0.133. The number of rotatable bonds is 8. The Morgan fingerprint density at radius 1 is 1.35 bits per heavy atom. The molecule has 0 aliphatic rings. The van der Waals surface area contributed by atoms with Crippen molar-refractivity contribution < 1.29 is 14.6 Å². The van der Waals surface area contributed by atoms with Crippen molar-refractivity contribution >= 4 is 17.7 Å². The van der Waals surface area contributed by atoms with Crippen LogP contribution in [0.15, 0.2) is 35.5 Å². The fourth-order valence-corrected chi connectivity index (χ4v) is 2.11. The third kappa shape index (κ3) is 4.54. The highest BCUT2D eigenvalue weighted by Gasteiger charge is 2.08. The van der Waals surface area contributed by atoms with E-state index in [1.807, 2.05) is 30.3 Å². The summed E-state index contributed by atoms with van der Waals surface area (Å²) in [7, 11) is 0. The number of nitrogens with zero attached hydrogens (tertiary/aromatic N) is 4. The number of thioether (sulfide) groups is 1. The zero-order valence-electron chi connectivity index (χ0n) is 10.7. The summed E-state index contributed by atoms with van der Waals surface area (Å²) in [5.74, 6) is -0.123. The van der Waals surface area contributed by atoms with Crippen LogP contribution < -0.4 is 4.74 Å². The van der Waals surface area contributed by atoms with Crippen molar-refractivity contribution in [3.8, 4) is 5.75 Å². The fourth-order valence-electron chi connectivity index (χ4n) is 1.49. The molecule has 8 heteroatoms. The van der Waals surface area contributed by atoms with E-state index in [0.29, 0.717) is 18.3 Å². The number of ether oxygens (including phenoxy) is 1. The lowest BCUT2D eigenvalue weighted by Crippen LogP contribution is -2.08. The molecular formula is C12H14N4O3S. The first-order chi connectivity index (χ1) is 9.75. The summed E-state index contributed by atoms with van der Waals surface area (Å²) in [6.45, 7) is 1.13. The third-order valence-electron chi connectivity index (χ3n) is 2.35. The topological polar surface area (TPSA) is 90.1 Å². The Labute approximate surface area is 119 Å². The number of aryl methyl sites for hydroxylation is 1. The van der Waals surface area contributed by atoms with Crippen molar-refractivity contribution in [2.24, 2.45) is 0 Å². The van der Waals surface area contributed by atoms with Crippen molar-refractivity contribution in [1.29, 1.82) is 0 Å². The van der Waals surface area contributed by atoms with Crippen molar-refractivity contribution in [2.45, 2.75) is 18.1 Å². The maximum atomic E-state index is 10.5. The SMILES string of the molecule is O=C(O)CSc1nnnn1CCCOc1ccccc1. The molecule has 20 heavy (non-hydrogen) atoms. The minimum absolute atomic E-state index is 0.0547. The molecule has 0 aliphatic heterocycles. The van der Waals surface area contributed by atoms with E-state index >= 15 is 0 Å². The first-order valence-electron chi connectivity index (χ1n) is 6.04. The molecule has 0 aliphatic carbocycles. The first-order valence-corrected chi connectivity index (χ1v) is 7.03. The maximum absolute atomic E-state index is 10.5. The summed E-state index contributed by atoms with van der Waals surface area (Å²) in [6.07, 6.45) is 0.737. The average molecular weight is 294 g/mol. The van der Waals surface area contributed by atoms with Crippen LogP contribution in [0.1, 0.15) is 6.42 Å². The normalized spacial score (nSPS) is 10.4. The molecule has 0 amide bonds. The molecular weight excluding hydrogens is 280 g/mol. The fraction of sp³-hybridized carbons (Fsp3) is 0.333. The smallest absolute Gasteiger partial charge is 0.313 e. The number of para-hydroxylation sites is 1. The summed E-state index contributed by atoms with van der Waals surface area (Å²) in [4.78, 5) is 10.5. The van der Waals surface area contributed by atoms with Crippen LogP contribution >= 0.6 is 11.8 Å². The molecule has 0 unspecified atom stereocenters. The molecule has 0 saturated heterocycles. The van der Waals surface area contributed by atoms with Gasteiger partial charge in [-0.3, -0.25) is 4.79 Å². The lowest BCUT2D eigenvalue weighted by atomic mass is 10.3. The molecule has 0 saturated carbocycles. The number of carboxylic acid groups (broad SMARTS) is 1. The third-order valence-corrected chi connectivity index (χ3v) is 3.29. The van der Waals surface area contributed by atoms with Crippen LogP contribution in [0.2, 0.25) is 0 Å². The lowest BCUT2D eigenvalue weighted by Gasteiger charge is -2.06. The minimum Gasteiger partial charge on any atom is -0.494 e. The molecule has 0 radical (unpaired) electrons. The number of hydrogen-bond donors (Lipinski definition) is 1. The Bertz CT molecular complexity index is 547. The van der Waals surface area contributed by atoms with E-state index in [9.17, 15) is 4.79 Å². The number of benzene rings is 1.